The van der Waals surface area contributed by atoms with Crippen molar-refractivity contribution in [2.24, 2.45) is 5.92 Å². The van der Waals surface area contributed by atoms with Gasteiger partial charge in [-0.15, -0.1) is 0 Å². The smallest absolute Gasteiger partial charge is 0.126 e. The van der Waals surface area contributed by atoms with Crippen LogP contribution >= 0.6 is 0 Å². The number of rotatable bonds is 4. The predicted molar refractivity (Wildman–Crippen MR) is 71.8 cm³/mol. The van der Waals surface area contributed by atoms with E-state index in [0.29, 0.717) is 11.5 Å². The van der Waals surface area contributed by atoms with E-state index in [1.54, 1.807) is 13.0 Å². The Morgan fingerprint density at radius 3 is 2.47 bits per heavy atom. The minimum absolute atomic E-state index is 0.0986. The molecule has 1 unspecified atom stereocenters. The summed E-state index contributed by atoms with van der Waals surface area (Å²) in [4.78, 5) is 0. The Hall–Kier alpha value is -0.890. The second kappa shape index (κ2) is 5.63. The van der Waals surface area contributed by atoms with Crippen molar-refractivity contribution in [3.63, 3.8) is 0 Å². The Balaban J connectivity index is 2.50. The van der Waals surface area contributed by atoms with Gasteiger partial charge in [0.25, 0.3) is 0 Å². The molecule has 2 heteroatoms. The van der Waals surface area contributed by atoms with E-state index < -0.39 is 0 Å². The first-order valence-electron chi connectivity index (χ1n) is 6.28. The molecule has 0 bridgehead atoms. The number of hydrogen-bond donors (Lipinski definition) is 1. The predicted octanol–water partition coefficient (Wildman–Crippen LogP) is 3.70. The van der Waals surface area contributed by atoms with Crippen LogP contribution in [0, 0.1) is 18.7 Å². The zero-order chi connectivity index (χ0) is 13.1. The highest BCUT2D eigenvalue weighted by molar-refractivity contribution is 5.23. The van der Waals surface area contributed by atoms with E-state index in [0.717, 1.165) is 18.5 Å². The molecule has 1 atom stereocenters. The molecule has 1 nitrogen and oxygen atoms in total. The third-order valence-electron chi connectivity index (χ3n) is 2.80. The molecule has 17 heavy (non-hydrogen) atoms. The maximum Gasteiger partial charge on any atom is 0.126 e. The van der Waals surface area contributed by atoms with E-state index in [1.165, 1.54) is 0 Å². The summed E-state index contributed by atoms with van der Waals surface area (Å²) in [5.41, 5.74) is 1.94. The van der Waals surface area contributed by atoms with Crippen LogP contribution in [0.25, 0.3) is 0 Å². The van der Waals surface area contributed by atoms with Crippen molar-refractivity contribution in [3.05, 3.63) is 35.1 Å². The SMILES string of the molecule is Cc1ccc(CC(C)CNC(C)(C)C)cc1F. The van der Waals surface area contributed by atoms with Gasteiger partial charge in [0.2, 0.25) is 0 Å². The lowest BCUT2D eigenvalue weighted by Crippen LogP contribution is -2.39. The van der Waals surface area contributed by atoms with Gasteiger partial charge in [-0.2, -0.15) is 0 Å². The lowest BCUT2D eigenvalue weighted by atomic mass is 9.98. The van der Waals surface area contributed by atoms with Gasteiger partial charge in [-0.05, 0) is 63.8 Å². The van der Waals surface area contributed by atoms with Crippen LogP contribution in [0.3, 0.4) is 0 Å². The van der Waals surface area contributed by atoms with Crippen molar-refractivity contribution >= 4 is 0 Å². The molecule has 0 aromatic heterocycles. The first kappa shape index (κ1) is 14.2. The molecule has 0 saturated carbocycles. The van der Waals surface area contributed by atoms with Gasteiger partial charge in [-0.25, -0.2) is 4.39 Å². The summed E-state index contributed by atoms with van der Waals surface area (Å²) in [6.07, 6.45) is 0.917. The fourth-order valence-corrected chi connectivity index (χ4v) is 1.72. The second-order valence-electron chi connectivity index (χ2n) is 6.02. The Bertz CT molecular complexity index is 366. The molecule has 96 valence electrons. The van der Waals surface area contributed by atoms with Crippen molar-refractivity contribution in [2.45, 2.75) is 46.6 Å². The van der Waals surface area contributed by atoms with Gasteiger partial charge in [0, 0.05) is 5.54 Å². The molecule has 1 aromatic carbocycles. The number of benzene rings is 1. The average Bonchev–Trinajstić information content (AvgIpc) is 2.20. The summed E-state index contributed by atoms with van der Waals surface area (Å²) < 4.78 is 13.4. The number of hydrogen-bond acceptors (Lipinski definition) is 1. The summed E-state index contributed by atoms with van der Waals surface area (Å²) in [7, 11) is 0. The fourth-order valence-electron chi connectivity index (χ4n) is 1.72. The zero-order valence-electron chi connectivity index (χ0n) is 11.6. The molecule has 1 aromatic rings. The van der Waals surface area contributed by atoms with E-state index >= 15 is 0 Å². The second-order valence-corrected chi connectivity index (χ2v) is 6.02. The van der Waals surface area contributed by atoms with Gasteiger partial charge < -0.3 is 5.32 Å². The fraction of sp³-hybridized carbons (Fsp3) is 0.600. The van der Waals surface area contributed by atoms with Crippen LogP contribution in [-0.2, 0) is 6.42 Å². The minimum atomic E-state index is -0.0986. The maximum atomic E-state index is 13.4. The van der Waals surface area contributed by atoms with Crippen LogP contribution in [0.5, 0.6) is 0 Å². The molecule has 1 rings (SSSR count). The summed E-state index contributed by atoms with van der Waals surface area (Å²) in [6, 6.07) is 5.53. The summed E-state index contributed by atoms with van der Waals surface area (Å²) in [6.45, 7) is 11.4. The van der Waals surface area contributed by atoms with Gasteiger partial charge in [0.15, 0.2) is 0 Å². The van der Waals surface area contributed by atoms with Crippen LogP contribution in [0.1, 0.15) is 38.8 Å². The summed E-state index contributed by atoms with van der Waals surface area (Å²) >= 11 is 0. The Morgan fingerprint density at radius 1 is 1.29 bits per heavy atom. The Labute approximate surface area is 104 Å². The van der Waals surface area contributed by atoms with Crippen molar-refractivity contribution < 1.29 is 4.39 Å². The van der Waals surface area contributed by atoms with Gasteiger partial charge in [0.05, 0.1) is 0 Å². The van der Waals surface area contributed by atoms with Crippen LogP contribution in [0.4, 0.5) is 4.39 Å². The first-order chi connectivity index (χ1) is 7.78. The molecular formula is C15H24FN. The first-order valence-corrected chi connectivity index (χ1v) is 6.28. The van der Waals surface area contributed by atoms with Gasteiger partial charge in [-0.3, -0.25) is 0 Å². The molecule has 0 aliphatic heterocycles. The average molecular weight is 237 g/mol. The van der Waals surface area contributed by atoms with Crippen molar-refractivity contribution in [2.75, 3.05) is 6.54 Å². The molecule has 0 aliphatic carbocycles. The molecule has 0 heterocycles. The van der Waals surface area contributed by atoms with E-state index in [1.807, 2.05) is 12.1 Å². The molecule has 1 N–H and O–H groups in total. The number of nitrogens with one attached hydrogen (secondary N) is 1. The highest BCUT2D eigenvalue weighted by Gasteiger charge is 2.11. The quantitative estimate of drug-likeness (QED) is 0.842. The Kier molecular flexibility index (Phi) is 4.70. The lowest BCUT2D eigenvalue weighted by molar-refractivity contribution is 0.381. The lowest BCUT2D eigenvalue weighted by Gasteiger charge is -2.23. The molecule has 0 saturated heterocycles. The Morgan fingerprint density at radius 2 is 1.94 bits per heavy atom. The highest BCUT2D eigenvalue weighted by atomic mass is 19.1. The van der Waals surface area contributed by atoms with Gasteiger partial charge in [-0.1, -0.05) is 19.1 Å². The normalized spacial score (nSPS) is 13.8. The highest BCUT2D eigenvalue weighted by Crippen LogP contribution is 2.13. The van der Waals surface area contributed by atoms with E-state index in [2.05, 4.69) is 33.0 Å². The zero-order valence-corrected chi connectivity index (χ0v) is 11.6. The van der Waals surface area contributed by atoms with Crippen LogP contribution in [-0.4, -0.2) is 12.1 Å². The standard InChI is InChI=1S/C15H24FN/c1-11(10-17-15(3,4)5)8-13-7-6-12(2)14(16)9-13/h6-7,9,11,17H,8,10H2,1-5H3. The summed E-state index contributed by atoms with van der Waals surface area (Å²) in [5.74, 6) is 0.412. The number of halogens is 1. The molecular weight excluding hydrogens is 213 g/mol. The monoisotopic (exact) mass is 237 g/mol. The number of aryl methyl sites for hydroxylation is 1. The van der Waals surface area contributed by atoms with Crippen LogP contribution in [0.2, 0.25) is 0 Å². The van der Waals surface area contributed by atoms with Gasteiger partial charge in [0.1, 0.15) is 5.82 Å². The topological polar surface area (TPSA) is 12.0 Å². The van der Waals surface area contributed by atoms with E-state index in [9.17, 15) is 4.39 Å². The van der Waals surface area contributed by atoms with Crippen molar-refractivity contribution in [3.8, 4) is 0 Å². The molecule has 0 fully saturated rings. The largest absolute Gasteiger partial charge is 0.312 e. The van der Waals surface area contributed by atoms with Crippen molar-refractivity contribution in [1.29, 1.82) is 0 Å². The van der Waals surface area contributed by atoms with E-state index in [4.69, 9.17) is 0 Å². The third kappa shape index (κ3) is 5.31. The van der Waals surface area contributed by atoms with Gasteiger partial charge >= 0.3 is 0 Å². The van der Waals surface area contributed by atoms with Crippen molar-refractivity contribution in [1.82, 2.24) is 5.32 Å². The maximum absolute atomic E-state index is 13.4. The third-order valence-corrected chi connectivity index (χ3v) is 2.80. The van der Waals surface area contributed by atoms with Crippen LogP contribution in [0.15, 0.2) is 18.2 Å². The molecule has 0 radical (unpaired) electrons. The van der Waals surface area contributed by atoms with E-state index in [-0.39, 0.29) is 11.4 Å². The molecule has 0 spiro atoms. The summed E-state index contributed by atoms with van der Waals surface area (Å²) in [5, 5.41) is 3.47. The molecule has 0 aliphatic rings. The molecule has 0 amide bonds. The van der Waals surface area contributed by atoms with Crippen LogP contribution < -0.4 is 5.32 Å². The minimum Gasteiger partial charge on any atom is -0.312 e.